The number of hydrogen-bond donors (Lipinski definition) is 2. The fourth-order valence-corrected chi connectivity index (χ4v) is 1.51. The molecule has 1 rings (SSSR count). The maximum atomic E-state index is 10.4. The van der Waals surface area contributed by atoms with E-state index in [1.165, 1.54) is 11.3 Å². The van der Waals surface area contributed by atoms with Crippen LogP contribution in [0.4, 0.5) is 0 Å². The zero-order valence-electron chi connectivity index (χ0n) is 6.07. The summed E-state index contributed by atoms with van der Waals surface area (Å²) in [7, 11) is 0. The number of nitrogens with two attached hydrogens (primary N) is 1. The van der Waals surface area contributed by atoms with Crippen molar-refractivity contribution in [1.82, 2.24) is 0 Å². The van der Waals surface area contributed by atoms with Gasteiger partial charge in [-0.2, -0.15) is 0 Å². The predicted octanol–water partition coefficient (Wildman–Crippen LogP) is 1.47. The van der Waals surface area contributed by atoms with Crippen LogP contribution >= 0.6 is 11.3 Å². The van der Waals surface area contributed by atoms with Crippen molar-refractivity contribution >= 4 is 17.3 Å². The lowest BCUT2D eigenvalue weighted by Crippen LogP contribution is -2.01. The van der Waals surface area contributed by atoms with E-state index in [1.54, 1.807) is 12.1 Å². The zero-order chi connectivity index (χ0) is 8.43. The van der Waals surface area contributed by atoms with E-state index >= 15 is 0 Å². The molecular weight excluding hydrogens is 162 g/mol. The van der Waals surface area contributed by atoms with Gasteiger partial charge in [0, 0.05) is 10.9 Å². The molecule has 1 aromatic rings. The average Bonchev–Trinajstić information content (AvgIpc) is 2.33. The minimum atomic E-state index is -0.887. The normalized spacial score (nSPS) is 12.9. The van der Waals surface area contributed by atoms with Crippen molar-refractivity contribution in [2.45, 2.75) is 13.0 Å². The molecule has 3 nitrogen and oxygen atoms in total. The molecule has 0 aliphatic rings. The fourth-order valence-electron chi connectivity index (χ4n) is 0.712. The third-order valence-electron chi connectivity index (χ3n) is 1.29. The Labute approximate surface area is 68.5 Å². The van der Waals surface area contributed by atoms with Gasteiger partial charge in [-0.1, -0.05) is 0 Å². The molecule has 0 radical (unpaired) electrons. The summed E-state index contributed by atoms with van der Waals surface area (Å²) in [5.41, 5.74) is 5.54. The molecule has 4 heteroatoms. The Morgan fingerprint density at radius 3 is 2.64 bits per heavy atom. The number of carboxylic acid groups (broad SMARTS) is 1. The van der Waals surface area contributed by atoms with Gasteiger partial charge in [-0.25, -0.2) is 4.79 Å². The molecule has 1 heterocycles. The van der Waals surface area contributed by atoms with Crippen molar-refractivity contribution in [2.75, 3.05) is 0 Å². The van der Waals surface area contributed by atoms with Gasteiger partial charge in [0.1, 0.15) is 4.88 Å². The summed E-state index contributed by atoms with van der Waals surface area (Å²) in [6.07, 6.45) is 0. The fraction of sp³-hybridized carbons (Fsp3) is 0.286. The Morgan fingerprint density at radius 1 is 1.73 bits per heavy atom. The van der Waals surface area contributed by atoms with E-state index in [-0.39, 0.29) is 6.04 Å². The van der Waals surface area contributed by atoms with Crippen LogP contribution < -0.4 is 5.73 Å². The summed E-state index contributed by atoms with van der Waals surface area (Å²) in [5.74, 6) is -0.887. The van der Waals surface area contributed by atoms with Crippen LogP contribution in [0, 0.1) is 0 Å². The highest BCUT2D eigenvalue weighted by molar-refractivity contribution is 7.14. The van der Waals surface area contributed by atoms with Crippen LogP contribution in [-0.4, -0.2) is 11.1 Å². The SMILES string of the molecule is C[C@H](N)c1ccc(C(=O)O)s1. The Balaban J connectivity index is 2.90. The molecule has 1 aromatic heterocycles. The first-order chi connectivity index (χ1) is 5.11. The van der Waals surface area contributed by atoms with Crippen LogP contribution in [-0.2, 0) is 0 Å². The van der Waals surface area contributed by atoms with Gasteiger partial charge in [0.25, 0.3) is 0 Å². The lowest BCUT2D eigenvalue weighted by molar-refractivity contribution is 0.0702. The van der Waals surface area contributed by atoms with Crippen LogP contribution in [0.1, 0.15) is 27.5 Å². The number of carboxylic acids is 1. The first-order valence-electron chi connectivity index (χ1n) is 3.20. The summed E-state index contributed by atoms with van der Waals surface area (Å²) in [6.45, 7) is 1.83. The second-order valence-corrected chi connectivity index (χ2v) is 3.41. The van der Waals surface area contributed by atoms with Crippen molar-refractivity contribution in [3.8, 4) is 0 Å². The predicted molar refractivity (Wildman–Crippen MR) is 43.9 cm³/mol. The molecule has 0 fully saturated rings. The van der Waals surface area contributed by atoms with Gasteiger partial charge >= 0.3 is 5.97 Å². The number of thiophene rings is 1. The van der Waals surface area contributed by atoms with E-state index in [0.717, 1.165) is 4.88 Å². The van der Waals surface area contributed by atoms with E-state index in [0.29, 0.717) is 4.88 Å². The third-order valence-corrected chi connectivity index (χ3v) is 2.56. The number of rotatable bonds is 2. The first kappa shape index (κ1) is 8.23. The minimum Gasteiger partial charge on any atom is -0.477 e. The third kappa shape index (κ3) is 1.78. The van der Waals surface area contributed by atoms with Crippen LogP contribution in [0.15, 0.2) is 12.1 Å². The van der Waals surface area contributed by atoms with Gasteiger partial charge in [0.2, 0.25) is 0 Å². The molecule has 0 saturated heterocycles. The van der Waals surface area contributed by atoms with E-state index in [9.17, 15) is 4.79 Å². The number of hydrogen-bond acceptors (Lipinski definition) is 3. The number of aromatic carboxylic acids is 1. The molecule has 0 spiro atoms. The van der Waals surface area contributed by atoms with Gasteiger partial charge in [-0.3, -0.25) is 0 Å². The topological polar surface area (TPSA) is 63.3 Å². The molecule has 0 bridgehead atoms. The molecule has 60 valence electrons. The van der Waals surface area contributed by atoms with E-state index < -0.39 is 5.97 Å². The van der Waals surface area contributed by atoms with Crippen LogP contribution in [0.3, 0.4) is 0 Å². The minimum absolute atomic E-state index is 0.0758. The monoisotopic (exact) mass is 171 g/mol. The molecular formula is C7H9NO2S. The van der Waals surface area contributed by atoms with Gasteiger partial charge in [0.05, 0.1) is 0 Å². The van der Waals surface area contributed by atoms with Gasteiger partial charge in [0.15, 0.2) is 0 Å². The molecule has 0 aliphatic carbocycles. The van der Waals surface area contributed by atoms with Crippen LogP contribution in [0.5, 0.6) is 0 Å². The van der Waals surface area contributed by atoms with Crippen molar-refractivity contribution in [3.63, 3.8) is 0 Å². The van der Waals surface area contributed by atoms with Gasteiger partial charge in [-0.05, 0) is 19.1 Å². The molecule has 0 unspecified atom stereocenters. The summed E-state index contributed by atoms with van der Waals surface area (Å²) >= 11 is 1.22. The largest absolute Gasteiger partial charge is 0.477 e. The second-order valence-electron chi connectivity index (χ2n) is 2.30. The summed E-state index contributed by atoms with van der Waals surface area (Å²) in [6, 6.07) is 3.25. The lowest BCUT2D eigenvalue weighted by Gasteiger charge is -1.97. The van der Waals surface area contributed by atoms with Crippen molar-refractivity contribution in [1.29, 1.82) is 0 Å². The maximum absolute atomic E-state index is 10.4. The molecule has 0 aromatic carbocycles. The van der Waals surface area contributed by atoms with Crippen molar-refractivity contribution in [3.05, 3.63) is 21.9 Å². The summed E-state index contributed by atoms with van der Waals surface area (Å²) < 4.78 is 0. The van der Waals surface area contributed by atoms with Gasteiger partial charge in [-0.15, -0.1) is 11.3 Å². The standard InChI is InChI=1S/C7H9NO2S/c1-4(8)5-2-3-6(11-5)7(9)10/h2-4H,8H2,1H3,(H,9,10)/t4-/m0/s1. The highest BCUT2D eigenvalue weighted by Crippen LogP contribution is 2.21. The molecule has 0 saturated carbocycles. The number of carbonyl (C=O) groups is 1. The van der Waals surface area contributed by atoms with Gasteiger partial charge < -0.3 is 10.8 Å². The maximum Gasteiger partial charge on any atom is 0.345 e. The zero-order valence-corrected chi connectivity index (χ0v) is 6.89. The Kier molecular flexibility index (Phi) is 2.26. The molecule has 3 N–H and O–H groups in total. The average molecular weight is 171 g/mol. The lowest BCUT2D eigenvalue weighted by atomic mass is 10.3. The molecule has 0 amide bonds. The summed E-state index contributed by atoms with van der Waals surface area (Å²) in [5, 5.41) is 8.55. The van der Waals surface area contributed by atoms with E-state index in [4.69, 9.17) is 10.8 Å². The quantitative estimate of drug-likeness (QED) is 0.708. The smallest absolute Gasteiger partial charge is 0.345 e. The first-order valence-corrected chi connectivity index (χ1v) is 4.01. The van der Waals surface area contributed by atoms with Crippen molar-refractivity contribution in [2.24, 2.45) is 5.73 Å². The molecule has 0 aliphatic heterocycles. The van der Waals surface area contributed by atoms with Crippen LogP contribution in [0.25, 0.3) is 0 Å². The molecule has 11 heavy (non-hydrogen) atoms. The van der Waals surface area contributed by atoms with E-state index in [1.807, 2.05) is 6.92 Å². The van der Waals surface area contributed by atoms with Crippen LogP contribution in [0.2, 0.25) is 0 Å². The highest BCUT2D eigenvalue weighted by Gasteiger charge is 2.08. The Hall–Kier alpha value is -0.870. The molecule has 1 atom stereocenters. The second kappa shape index (κ2) is 3.02. The van der Waals surface area contributed by atoms with Crippen molar-refractivity contribution < 1.29 is 9.90 Å². The highest BCUT2D eigenvalue weighted by atomic mass is 32.1. The Morgan fingerprint density at radius 2 is 2.36 bits per heavy atom. The Bertz CT molecular complexity index is 267. The van der Waals surface area contributed by atoms with E-state index in [2.05, 4.69) is 0 Å². The summed E-state index contributed by atoms with van der Waals surface area (Å²) in [4.78, 5) is 11.7.